The molecule has 29 heavy (non-hydrogen) atoms. The lowest BCUT2D eigenvalue weighted by atomic mass is 9.84. The summed E-state index contributed by atoms with van der Waals surface area (Å²) in [6, 6.07) is 13.9. The number of anilines is 1. The Kier molecular flexibility index (Phi) is 6.23. The summed E-state index contributed by atoms with van der Waals surface area (Å²) >= 11 is 3.57. The van der Waals surface area contributed by atoms with E-state index in [0.717, 1.165) is 66.8 Å². The molecule has 2 aromatic carbocycles. The summed E-state index contributed by atoms with van der Waals surface area (Å²) in [7, 11) is 0. The van der Waals surface area contributed by atoms with E-state index < -0.39 is 5.60 Å². The first-order chi connectivity index (χ1) is 14.0. The zero-order chi connectivity index (χ0) is 20.3. The van der Waals surface area contributed by atoms with Gasteiger partial charge in [-0.25, -0.2) is 0 Å². The number of benzene rings is 2. The lowest BCUT2D eigenvalue weighted by molar-refractivity contribution is -0.116. The molecule has 0 spiro atoms. The van der Waals surface area contributed by atoms with Crippen LogP contribution < -0.4 is 10.1 Å². The number of halogens is 1. The van der Waals surface area contributed by atoms with Crippen LogP contribution in [0.5, 0.6) is 5.75 Å². The quantitative estimate of drug-likeness (QED) is 0.639. The molecule has 0 saturated carbocycles. The molecule has 5 nitrogen and oxygen atoms in total. The summed E-state index contributed by atoms with van der Waals surface area (Å²) < 4.78 is 6.87. The highest BCUT2D eigenvalue weighted by atomic mass is 79.9. The molecule has 1 amide bonds. The molecule has 2 aliphatic heterocycles. The van der Waals surface area contributed by atoms with Gasteiger partial charge in [0, 0.05) is 42.3 Å². The Labute approximate surface area is 180 Å². The van der Waals surface area contributed by atoms with Crippen LogP contribution in [0.1, 0.15) is 36.8 Å². The molecule has 0 unspecified atom stereocenters. The first kappa shape index (κ1) is 20.4. The molecule has 0 atom stereocenters. The molecule has 0 bridgehead atoms. The average Bonchev–Trinajstić information content (AvgIpc) is 2.72. The number of nitrogens with zero attached hydrogens (tertiary/aromatic N) is 1. The Hall–Kier alpha value is -1.89. The van der Waals surface area contributed by atoms with Crippen LogP contribution >= 0.6 is 15.9 Å². The zero-order valence-electron chi connectivity index (χ0n) is 16.5. The average molecular weight is 459 g/mol. The fourth-order valence-electron chi connectivity index (χ4n) is 4.17. The minimum Gasteiger partial charge on any atom is -0.493 e. The number of aryl methyl sites for hydroxylation is 1. The molecular formula is C23H27BrN2O3. The fraction of sp³-hybridized carbons (Fsp3) is 0.435. The third-order valence-corrected chi connectivity index (χ3v) is 6.61. The predicted octanol–water partition coefficient (Wildman–Crippen LogP) is 4.09. The molecule has 2 heterocycles. The van der Waals surface area contributed by atoms with Gasteiger partial charge in [0.1, 0.15) is 5.75 Å². The van der Waals surface area contributed by atoms with E-state index in [9.17, 15) is 9.90 Å². The Morgan fingerprint density at radius 1 is 1.14 bits per heavy atom. The Morgan fingerprint density at radius 3 is 2.72 bits per heavy atom. The topological polar surface area (TPSA) is 61.8 Å². The maximum absolute atomic E-state index is 11.5. The second kappa shape index (κ2) is 8.86. The largest absolute Gasteiger partial charge is 0.493 e. The van der Waals surface area contributed by atoms with Crippen molar-refractivity contribution in [1.82, 2.24) is 4.90 Å². The van der Waals surface area contributed by atoms with E-state index in [0.29, 0.717) is 13.0 Å². The van der Waals surface area contributed by atoms with Gasteiger partial charge in [0.15, 0.2) is 0 Å². The smallest absolute Gasteiger partial charge is 0.224 e. The minimum atomic E-state index is -0.749. The van der Waals surface area contributed by atoms with E-state index in [1.54, 1.807) is 0 Å². The van der Waals surface area contributed by atoms with E-state index in [1.165, 1.54) is 5.56 Å². The Morgan fingerprint density at radius 2 is 1.93 bits per heavy atom. The van der Waals surface area contributed by atoms with E-state index in [4.69, 9.17) is 4.74 Å². The highest BCUT2D eigenvalue weighted by molar-refractivity contribution is 9.10. The summed E-state index contributed by atoms with van der Waals surface area (Å²) in [6.07, 6.45) is 3.75. The van der Waals surface area contributed by atoms with Gasteiger partial charge < -0.3 is 20.1 Å². The Bertz CT molecular complexity index is 878. The van der Waals surface area contributed by atoms with Gasteiger partial charge in [-0.2, -0.15) is 0 Å². The number of rotatable bonds is 6. The third-order valence-electron chi connectivity index (χ3n) is 5.92. The van der Waals surface area contributed by atoms with Gasteiger partial charge in [0.05, 0.1) is 12.2 Å². The van der Waals surface area contributed by atoms with Gasteiger partial charge in [-0.15, -0.1) is 0 Å². The molecule has 154 valence electrons. The van der Waals surface area contributed by atoms with Crippen LogP contribution in [0.3, 0.4) is 0 Å². The van der Waals surface area contributed by atoms with Crippen LogP contribution in [0.4, 0.5) is 5.69 Å². The van der Waals surface area contributed by atoms with Crippen molar-refractivity contribution >= 4 is 27.5 Å². The van der Waals surface area contributed by atoms with Crippen molar-refractivity contribution in [3.05, 3.63) is 58.1 Å². The first-order valence-corrected chi connectivity index (χ1v) is 11.1. The molecular weight excluding hydrogens is 432 g/mol. The number of ether oxygens (including phenoxy) is 1. The predicted molar refractivity (Wildman–Crippen MR) is 117 cm³/mol. The van der Waals surface area contributed by atoms with Crippen LogP contribution in [0, 0.1) is 0 Å². The monoisotopic (exact) mass is 458 g/mol. The van der Waals surface area contributed by atoms with E-state index >= 15 is 0 Å². The highest BCUT2D eigenvalue weighted by Gasteiger charge is 2.35. The van der Waals surface area contributed by atoms with E-state index in [1.807, 2.05) is 42.5 Å². The molecule has 0 radical (unpaired) electrons. The normalized spacial score (nSPS) is 18.8. The lowest BCUT2D eigenvalue weighted by Crippen LogP contribution is -2.43. The fourth-order valence-corrected chi connectivity index (χ4v) is 4.83. The molecule has 4 rings (SSSR count). The number of likely N-dealkylation sites (tertiary alicyclic amines) is 1. The number of aliphatic hydroxyl groups is 1. The van der Waals surface area contributed by atoms with Gasteiger partial charge in [0.25, 0.3) is 0 Å². The Balaban J connectivity index is 1.22. The second-order valence-electron chi connectivity index (χ2n) is 7.92. The number of hydrogen-bond donors (Lipinski definition) is 2. The van der Waals surface area contributed by atoms with Crippen molar-refractivity contribution in [1.29, 1.82) is 0 Å². The van der Waals surface area contributed by atoms with Crippen LogP contribution in [-0.4, -0.2) is 42.2 Å². The van der Waals surface area contributed by atoms with Crippen molar-refractivity contribution in [3.8, 4) is 5.75 Å². The van der Waals surface area contributed by atoms with Crippen molar-refractivity contribution in [2.24, 2.45) is 0 Å². The summed E-state index contributed by atoms with van der Waals surface area (Å²) in [5, 5.41) is 14.0. The van der Waals surface area contributed by atoms with Gasteiger partial charge in [-0.1, -0.05) is 40.2 Å². The molecule has 2 aromatic rings. The van der Waals surface area contributed by atoms with Gasteiger partial charge in [0.2, 0.25) is 5.91 Å². The second-order valence-corrected chi connectivity index (χ2v) is 8.78. The molecule has 1 saturated heterocycles. The standard InChI is InChI=1S/C23H27BrN2O3/c24-20-5-2-1-4-19(20)23(28)10-13-26(14-11-23)12-3-15-29-18-8-6-17-7-9-22(27)25-21(17)16-18/h1-2,4-6,8,16,28H,3,7,9-15H2,(H,25,27). The number of hydrogen-bond acceptors (Lipinski definition) is 4. The number of piperidine rings is 1. The maximum atomic E-state index is 11.5. The number of amides is 1. The van der Waals surface area contributed by atoms with Gasteiger partial charge in [-0.3, -0.25) is 4.79 Å². The third kappa shape index (κ3) is 4.82. The lowest BCUT2D eigenvalue weighted by Gasteiger charge is -2.39. The minimum absolute atomic E-state index is 0.0715. The summed E-state index contributed by atoms with van der Waals surface area (Å²) in [4.78, 5) is 13.9. The summed E-state index contributed by atoms with van der Waals surface area (Å²) in [6.45, 7) is 3.34. The summed E-state index contributed by atoms with van der Waals surface area (Å²) in [5.74, 6) is 0.870. The molecule has 0 aliphatic carbocycles. The van der Waals surface area contributed by atoms with Crippen LogP contribution in [0.2, 0.25) is 0 Å². The van der Waals surface area contributed by atoms with Crippen molar-refractivity contribution < 1.29 is 14.6 Å². The maximum Gasteiger partial charge on any atom is 0.224 e. The zero-order valence-corrected chi connectivity index (χ0v) is 18.1. The first-order valence-electron chi connectivity index (χ1n) is 10.3. The van der Waals surface area contributed by atoms with Crippen molar-refractivity contribution in [2.45, 2.75) is 37.7 Å². The van der Waals surface area contributed by atoms with Gasteiger partial charge in [-0.05, 0) is 48.9 Å². The van der Waals surface area contributed by atoms with Crippen molar-refractivity contribution in [2.75, 3.05) is 31.6 Å². The van der Waals surface area contributed by atoms with E-state index in [2.05, 4.69) is 26.1 Å². The molecule has 2 aliphatic rings. The number of carbonyl (C=O) groups is 1. The SMILES string of the molecule is O=C1CCc2ccc(OCCCN3CCC(O)(c4ccccc4Br)CC3)cc2N1. The van der Waals surface area contributed by atoms with Gasteiger partial charge >= 0.3 is 0 Å². The molecule has 2 N–H and O–H groups in total. The number of carbonyl (C=O) groups excluding carboxylic acids is 1. The van der Waals surface area contributed by atoms with Crippen LogP contribution in [0.25, 0.3) is 0 Å². The van der Waals surface area contributed by atoms with Crippen molar-refractivity contribution in [3.63, 3.8) is 0 Å². The molecule has 0 aromatic heterocycles. The molecule has 6 heteroatoms. The summed E-state index contributed by atoms with van der Waals surface area (Å²) in [5.41, 5.74) is 2.28. The number of nitrogens with one attached hydrogen (secondary N) is 1. The van der Waals surface area contributed by atoms with Crippen LogP contribution in [-0.2, 0) is 16.8 Å². The van der Waals surface area contributed by atoms with Crippen LogP contribution in [0.15, 0.2) is 46.9 Å². The molecule has 1 fully saturated rings. The van der Waals surface area contributed by atoms with E-state index in [-0.39, 0.29) is 5.91 Å². The number of fused-ring (bicyclic) bond motifs is 1. The highest BCUT2D eigenvalue weighted by Crippen LogP contribution is 2.36.